The van der Waals surface area contributed by atoms with Crippen molar-refractivity contribution in [2.75, 3.05) is 0 Å². The molecule has 0 bridgehead atoms. The zero-order chi connectivity index (χ0) is 20.3. The summed E-state index contributed by atoms with van der Waals surface area (Å²) in [6, 6.07) is 11.2. The number of hydrogen-bond donors (Lipinski definition) is 1. The van der Waals surface area contributed by atoms with Crippen molar-refractivity contribution in [1.29, 1.82) is 0 Å². The van der Waals surface area contributed by atoms with Crippen LogP contribution in [-0.4, -0.2) is 24.6 Å². The van der Waals surface area contributed by atoms with Gasteiger partial charge in [0.05, 0.1) is 15.9 Å². The van der Waals surface area contributed by atoms with E-state index in [9.17, 15) is 17.2 Å². The Kier molecular flexibility index (Phi) is 6.21. The highest BCUT2D eigenvalue weighted by molar-refractivity contribution is 7.98. The minimum atomic E-state index is -3.83. The van der Waals surface area contributed by atoms with Crippen LogP contribution in [0.5, 0.6) is 5.75 Å². The lowest BCUT2D eigenvalue weighted by Crippen LogP contribution is -2.11. The number of nitrogens with two attached hydrogens (primary N) is 1. The third kappa shape index (κ3) is 4.62. The molecule has 2 aromatic carbocycles. The minimum Gasteiger partial charge on any atom is -0.435 e. The smallest absolute Gasteiger partial charge is 0.387 e. The molecule has 2 N–H and O–H groups in total. The molecule has 0 radical (unpaired) electrons. The van der Waals surface area contributed by atoms with Crippen molar-refractivity contribution in [2.24, 2.45) is 5.14 Å². The maximum atomic E-state index is 12.6. The van der Waals surface area contributed by atoms with Gasteiger partial charge in [-0.2, -0.15) is 8.78 Å². The summed E-state index contributed by atoms with van der Waals surface area (Å²) in [4.78, 5) is 4.52. The topological polar surface area (TPSA) is 87.2 Å². The van der Waals surface area contributed by atoms with Crippen molar-refractivity contribution in [3.8, 4) is 5.75 Å². The largest absolute Gasteiger partial charge is 0.435 e. The van der Waals surface area contributed by atoms with Crippen LogP contribution >= 0.6 is 11.8 Å². The number of para-hydroxylation sites is 1. The molecular weight excluding hydrogens is 408 g/mol. The van der Waals surface area contributed by atoms with Crippen LogP contribution in [-0.2, 0) is 22.3 Å². The Bertz CT molecular complexity index is 1080. The van der Waals surface area contributed by atoms with Gasteiger partial charge < -0.3 is 9.30 Å². The summed E-state index contributed by atoms with van der Waals surface area (Å²) in [6.45, 7) is -0.194. The number of aromatic nitrogens is 2. The van der Waals surface area contributed by atoms with Crippen molar-refractivity contribution >= 4 is 32.8 Å². The highest BCUT2D eigenvalue weighted by atomic mass is 32.2. The Hall–Kier alpha value is -2.17. The molecule has 3 rings (SSSR count). The van der Waals surface area contributed by atoms with E-state index < -0.39 is 16.6 Å². The number of benzene rings is 2. The van der Waals surface area contributed by atoms with E-state index in [1.807, 2.05) is 11.5 Å². The lowest BCUT2D eigenvalue weighted by molar-refractivity contribution is -0.0503. The van der Waals surface area contributed by atoms with Crippen LogP contribution in [0.1, 0.15) is 18.9 Å². The molecule has 0 unspecified atom stereocenters. The normalized spacial score (nSPS) is 12.0. The molecule has 1 heterocycles. The first-order valence-electron chi connectivity index (χ1n) is 8.48. The van der Waals surface area contributed by atoms with Gasteiger partial charge in [0.2, 0.25) is 10.0 Å². The molecule has 0 saturated carbocycles. The van der Waals surface area contributed by atoms with Gasteiger partial charge in [-0.05, 0) is 30.7 Å². The molecule has 0 spiro atoms. The zero-order valence-electron chi connectivity index (χ0n) is 15.0. The predicted octanol–water partition coefficient (Wildman–Crippen LogP) is 3.99. The number of hydrogen-bond acceptors (Lipinski definition) is 5. The minimum absolute atomic E-state index is 0.00613. The van der Waals surface area contributed by atoms with Gasteiger partial charge in [-0.15, -0.1) is 0 Å². The molecule has 0 atom stereocenters. The second-order valence-corrected chi connectivity index (χ2v) is 8.52. The maximum absolute atomic E-state index is 12.6. The van der Waals surface area contributed by atoms with Crippen molar-refractivity contribution < 1.29 is 21.9 Å². The number of primary sulfonamides is 1. The number of thioether (sulfide) groups is 1. The van der Waals surface area contributed by atoms with E-state index in [0.29, 0.717) is 28.5 Å². The monoisotopic (exact) mass is 427 g/mol. The van der Waals surface area contributed by atoms with E-state index in [1.165, 1.54) is 30.0 Å². The SMILES string of the molecule is CCCn1c(SCc2ccccc2OC(F)F)nc2cc(S(N)(=O)=O)ccc21. The van der Waals surface area contributed by atoms with Gasteiger partial charge in [-0.1, -0.05) is 36.9 Å². The second kappa shape index (κ2) is 8.46. The molecular formula is C18H19F2N3O3S2. The van der Waals surface area contributed by atoms with Gasteiger partial charge in [0, 0.05) is 17.9 Å². The van der Waals surface area contributed by atoms with Gasteiger partial charge in [0.1, 0.15) is 5.75 Å². The van der Waals surface area contributed by atoms with Gasteiger partial charge >= 0.3 is 6.61 Å². The summed E-state index contributed by atoms with van der Waals surface area (Å²) in [5.41, 5.74) is 1.92. The van der Waals surface area contributed by atoms with E-state index >= 15 is 0 Å². The predicted molar refractivity (Wildman–Crippen MR) is 104 cm³/mol. The van der Waals surface area contributed by atoms with Crippen LogP contribution in [0.4, 0.5) is 8.78 Å². The van der Waals surface area contributed by atoms with Gasteiger partial charge in [0.15, 0.2) is 5.16 Å². The third-order valence-corrected chi connectivity index (χ3v) is 5.94. The molecule has 28 heavy (non-hydrogen) atoms. The van der Waals surface area contributed by atoms with Crippen LogP contribution in [0.15, 0.2) is 52.5 Å². The number of halogens is 2. The van der Waals surface area contributed by atoms with Crippen LogP contribution in [0.25, 0.3) is 11.0 Å². The fourth-order valence-corrected chi connectivity index (χ4v) is 4.36. The maximum Gasteiger partial charge on any atom is 0.387 e. The lowest BCUT2D eigenvalue weighted by atomic mass is 10.2. The molecule has 0 aliphatic carbocycles. The molecule has 0 aliphatic heterocycles. The standard InChI is InChI=1S/C18H19F2N3O3S2/c1-2-9-23-15-8-7-13(28(21,24)25)10-14(15)22-18(23)27-11-12-5-3-4-6-16(12)26-17(19)20/h3-8,10,17H,2,9,11H2,1H3,(H2,21,24,25). The van der Waals surface area contributed by atoms with E-state index in [1.54, 1.807) is 24.3 Å². The average Bonchev–Trinajstić information content (AvgIpc) is 2.97. The quantitative estimate of drug-likeness (QED) is 0.549. The Morgan fingerprint density at radius 3 is 2.68 bits per heavy atom. The highest BCUT2D eigenvalue weighted by Crippen LogP contribution is 2.31. The number of rotatable bonds is 8. The first-order chi connectivity index (χ1) is 13.3. The van der Waals surface area contributed by atoms with Gasteiger partial charge in [0.25, 0.3) is 0 Å². The summed E-state index contributed by atoms with van der Waals surface area (Å²) in [5, 5.41) is 5.86. The number of fused-ring (bicyclic) bond motifs is 1. The van der Waals surface area contributed by atoms with Crippen molar-refractivity contribution in [3.63, 3.8) is 0 Å². The second-order valence-electron chi connectivity index (χ2n) is 6.02. The van der Waals surface area contributed by atoms with E-state index in [4.69, 9.17) is 5.14 Å². The van der Waals surface area contributed by atoms with Gasteiger partial charge in [-0.25, -0.2) is 18.5 Å². The first kappa shape index (κ1) is 20.6. The number of aryl methyl sites for hydroxylation is 1. The molecule has 0 saturated heterocycles. The molecule has 6 nitrogen and oxygen atoms in total. The number of imidazole rings is 1. The summed E-state index contributed by atoms with van der Waals surface area (Å²) < 4.78 is 54.9. The third-order valence-electron chi connectivity index (χ3n) is 4.01. The first-order valence-corrected chi connectivity index (χ1v) is 11.0. The Balaban J connectivity index is 1.93. The number of alkyl halides is 2. The number of nitrogens with zero attached hydrogens (tertiary/aromatic N) is 2. The number of ether oxygens (including phenoxy) is 1. The fourth-order valence-electron chi connectivity index (χ4n) is 2.79. The lowest BCUT2D eigenvalue weighted by Gasteiger charge is -2.11. The van der Waals surface area contributed by atoms with Crippen molar-refractivity contribution in [1.82, 2.24) is 9.55 Å². The molecule has 0 aliphatic rings. The molecule has 0 amide bonds. The Labute approximate surface area is 165 Å². The van der Waals surface area contributed by atoms with Crippen molar-refractivity contribution in [3.05, 3.63) is 48.0 Å². The van der Waals surface area contributed by atoms with Crippen LogP contribution in [0.2, 0.25) is 0 Å². The fraction of sp³-hybridized carbons (Fsp3) is 0.278. The summed E-state index contributed by atoms with van der Waals surface area (Å²) in [7, 11) is -3.83. The summed E-state index contributed by atoms with van der Waals surface area (Å²) in [5.74, 6) is 0.498. The van der Waals surface area contributed by atoms with Gasteiger partial charge in [-0.3, -0.25) is 0 Å². The highest BCUT2D eigenvalue weighted by Gasteiger charge is 2.16. The van der Waals surface area contributed by atoms with E-state index in [-0.39, 0.29) is 10.6 Å². The van der Waals surface area contributed by atoms with Crippen LogP contribution < -0.4 is 9.88 Å². The average molecular weight is 427 g/mol. The Morgan fingerprint density at radius 2 is 2.00 bits per heavy atom. The van der Waals surface area contributed by atoms with Crippen LogP contribution in [0.3, 0.4) is 0 Å². The summed E-state index contributed by atoms with van der Waals surface area (Å²) >= 11 is 1.37. The Morgan fingerprint density at radius 1 is 1.25 bits per heavy atom. The van der Waals surface area contributed by atoms with Crippen molar-refractivity contribution in [2.45, 2.75) is 42.3 Å². The van der Waals surface area contributed by atoms with Crippen LogP contribution in [0, 0.1) is 0 Å². The number of sulfonamides is 1. The van der Waals surface area contributed by atoms with E-state index in [2.05, 4.69) is 9.72 Å². The molecule has 1 aromatic heterocycles. The summed E-state index contributed by atoms with van der Waals surface area (Å²) in [6.07, 6.45) is 0.848. The molecule has 150 valence electrons. The molecule has 0 fully saturated rings. The molecule has 10 heteroatoms. The molecule has 3 aromatic rings. The van der Waals surface area contributed by atoms with E-state index in [0.717, 1.165) is 11.9 Å². The zero-order valence-corrected chi connectivity index (χ0v) is 16.6.